The van der Waals surface area contributed by atoms with Crippen LogP contribution in [0.4, 0.5) is 22.0 Å². The van der Waals surface area contributed by atoms with Crippen LogP contribution in [0.2, 0.25) is 0 Å². The molecule has 2 aliphatic rings. The number of carbonyl (C=O) groups excluding carboxylic acids is 1. The number of hydrogen-bond donors (Lipinski definition) is 1. The first-order chi connectivity index (χ1) is 17.1. The average Bonchev–Trinajstić information content (AvgIpc) is 2.99. The lowest BCUT2D eigenvalue weighted by Gasteiger charge is -2.39. The highest BCUT2D eigenvalue weighted by molar-refractivity contribution is 5.95. The smallest absolute Gasteiger partial charge is 0.390 e. The number of amides is 1. The average molecular weight is 505 g/mol. The summed E-state index contributed by atoms with van der Waals surface area (Å²) in [6.45, 7) is -1.01. The predicted octanol–water partition coefficient (Wildman–Crippen LogP) is 4.11. The Morgan fingerprint density at radius 3 is 2.11 bits per heavy atom. The van der Waals surface area contributed by atoms with Gasteiger partial charge < -0.3 is 10.0 Å². The Bertz CT molecular complexity index is 1370. The molecule has 0 unspecified atom stereocenters. The van der Waals surface area contributed by atoms with Crippen molar-refractivity contribution in [3.05, 3.63) is 92.4 Å². The van der Waals surface area contributed by atoms with Crippen molar-refractivity contribution in [2.45, 2.75) is 37.4 Å². The molecule has 1 N–H and O–H groups in total. The van der Waals surface area contributed by atoms with E-state index in [-0.39, 0.29) is 19.4 Å². The topological polar surface area (TPSA) is 75.4 Å². The lowest BCUT2D eigenvalue weighted by molar-refractivity contribution is -0.137. The molecule has 11 heteroatoms. The molecule has 1 aliphatic heterocycles. The van der Waals surface area contributed by atoms with Crippen LogP contribution in [-0.2, 0) is 12.8 Å². The van der Waals surface area contributed by atoms with Gasteiger partial charge in [-0.3, -0.25) is 14.3 Å². The number of aromatic nitrogens is 2. The highest BCUT2D eigenvalue weighted by Gasteiger charge is 2.43. The van der Waals surface area contributed by atoms with E-state index in [1.54, 1.807) is 12.1 Å². The van der Waals surface area contributed by atoms with Gasteiger partial charge in [-0.25, -0.2) is 8.78 Å². The van der Waals surface area contributed by atoms with Gasteiger partial charge in [0.1, 0.15) is 11.6 Å². The molecule has 1 aliphatic carbocycles. The fourth-order valence-corrected chi connectivity index (χ4v) is 5.24. The maximum atomic E-state index is 14.9. The third-order valence-corrected chi connectivity index (χ3v) is 6.85. The molecule has 36 heavy (non-hydrogen) atoms. The number of alkyl halides is 3. The summed E-state index contributed by atoms with van der Waals surface area (Å²) in [5.74, 6) is -3.78. The van der Waals surface area contributed by atoms with Crippen molar-refractivity contribution in [1.29, 1.82) is 0 Å². The normalized spacial score (nSPS) is 17.9. The molecule has 2 aromatic carbocycles. The van der Waals surface area contributed by atoms with Crippen LogP contribution in [0.15, 0.2) is 47.4 Å². The van der Waals surface area contributed by atoms with Crippen LogP contribution in [0.5, 0.6) is 5.75 Å². The Morgan fingerprint density at radius 2 is 1.56 bits per heavy atom. The summed E-state index contributed by atoms with van der Waals surface area (Å²) < 4.78 is 70.0. The van der Waals surface area contributed by atoms with E-state index < -0.39 is 65.5 Å². The summed E-state index contributed by atoms with van der Waals surface area (Å²) in [6.07, 6.45) is -4.69. The molecule has 0 saturated carbocycles. The molecule has 0 bridgehead atoms. The van der Waals surface area contributed by atoms with Gasteiger partial charge in [-0.15, -0.1) is 0 Å². The van der Waals surface area contributed by atoms with E-state index in [4.69, 9.17) is 0 Å². The summed E-state index contributed by atoms with van der Waals surface area (Å²) >= 11 is 0. The molecule has 0 saturated heterocycles. The molecule has 1 atom stereocenters. The number of halogens is 5. The fourth-order valence-electron chi connectivity index (χ4n) is 5.24. The van der Waals surface area contributed by atoms with Crippen LogP contribution in [-0.4, -0.2) is 45.0 Å². The first-order valence-electron chi connectivity index (χ1n) is 11.3. The molecular weight excluding hydrogens is 485 g/mol. The summed E-state index contributed by atoms with van der Waals surface area (Å²) in [6, 6.07) is 7.87. The largest absolute Gasteiger partial charge is 0.502 e. The summed E-state index contributed by atoms with van der Waals surface area (Å²) in [4.78, 5) is 26.1. The van der Waals surface area contributed by atoms with Crippen LogP contribution >= 0.6 is 0 Å². The van der Waals surface area contributed by atoms with Gasteiger partial charge in [0.2, 0.25) is 5.43 Å². The highest BCUT2D eigenvalue weighted by Crippen LogP contribution is 2.45. The predicted molar refractivity (Wildman–Crippen MR) is 118 cm³/mol. The Labute approximate surface area is 201 Å². The van der Waals surface area contributed by atoms with E-state index in [0.717, 1.165) is 15.8 Å². The zero-order valence-electron chi connectivity index (χ0n) is 18.7. The second-order valence-electron chi connectivity index (χ2n) is 8.93. The SMILES string of the molecule is O=C1c2c(O)c(=O)cnn2[C@@H](C2c3cccc(F)c3CCc3c(F)cccc32)CN1CCC(F)(F)F. The Morgan fingerprint density at radius 1 is 0.972 bits per heavy atom. The van der Waals surface area contributed by atoms with Crippen molar-refractivity contribution in [1.82, 2.24) is 14.7 Å². The van der Waals surface area contributed by atoms with Gasteiger partial charge in [-0.1, -0.05) is 24.3 Å². The van der Waals surface area contributed by atoms with Crippen molar-refractivity contribution in [3.63, 3.8) is 0 Å². The van der Waals surface area contributed by atoms with Crippen molar-refractivity contribution < 1.29 is 31.9 Å². The molecule has 1 amide bonds. The molecular formula is C25H20F5N3O3. The van der Waals surface area contributed by atoms with Gasteiger partial charge in [0.05, 0.1) is 18.7 Å². The number of nitrogens with zero attached hydrogens (tertiary/aromatic N) is 3. The second kappa shape index (κ2) is 8.72. The molecule has 0 spiro atoms. The lowest BCUT2D eigenvalue weighted by atomic mass is 9.81. The Kier molecular flexibility index (Phi) is 5.80. The number of hydrogen-bond acceptors (Lipinski definition) is 4. The van der Waals surface area contributed by atoms with Crippen molar-refractivity contribution in [2.24, 2.45) is 0 Å². The third kappa shape index (κ3) is 4.02. The van der Waals surface area contributed by atoms with Crippen LogP contribution in [0.25, 0.3) is 0 Å². The zero-order chi connectivity index (χ0) is 25.8. The summed E-state index contributed by atoms with van der Waals surface area (Å²) in [7, 11) is 0. The standard InChI is InChI=1S/C25H20F5N3O3/c26-17-5-1-3-15-13(17)7-8-14-16(4-2-6-18(14)27)21(15)19-12-32(10-9-25(28,29)30)24(36)22-23(35)20(34)11-31-33(19)22/h1-6,11,19,21,35H,7-10,12H2/t19-/m1/s1. The molecule has 2 heterocycles. The van der Waals surface area contributed by atoms with E-state index in [1.165, 1.54) is 24.3 Å². The van der Waals surface area contributed by atoms with Crippen molar-refractivity contribution in [3.8, 4) is 5.75 Å². The molecule has 6 nitrogen and oxygen atoms in total. The molecule has 3 aromatic rings. The van der Waals surface area contributed by atoms with Gasteiger partial charge in [-0.05, 0) is 47.2 Å². The van der Waals surface area contributed by atoms with Gasteiger partial charge in [0.25, 0.3) is 5.91 Å². The number of aromatic hydroxyl groups is 1. The molecule has 0 fully saturated rings. The zero-order valence-corrected chi connectivity index (χ0v) is 18.7. The minimum absolute atomic E-state index is 0.186. The number of carbonyl (C=O) groups is 1. The van der Waals surface area contributed by atoms with E-state index >= 15 is 0 Å². The van der Waals surface area contributed by atoms with Gasteiger partial charge in [0.15, 0.2) is 11.4 Å². The van der Waals surface area contributed by atoms with Crippen LogP contribution in [0.3, 0.4) is 0 Å². The Hall–Kier alpha value is -3.76. The molecule has 1 aromatic heterocycles. The lowest BCUT2D eigenvalue weighted by Crippen LogP contribution is -2.48. The molecule has 0 radical (unpaired) electrons. The molecule has 5 rings (SSSR count). The van der Waals surface area contributed by atoms with Crippen LogP contribution in [0.1, 0.15) is 51.1 Å². The maximum absolute atomic E-state index is 14.9. The van der Waals surface area contributed by atoms with Crippen molar-refractivity contribution >= 4 is 5.91 Å². The monoisotopic (exact) mass is 505 g/mol. The minimum Gasteiger partial charge on any atom is -0.502 e. The van der Waals surface area contributed by atoms with Crippen LogP contribution in [0, 0.1) is 11.6 Å². The number of fused-ring (bicyclic) bond motifs is 3. The van der Waals surface area contributed by atoms with Gasteiger partial charge >= 0.3 is 6.18 Å². The maximum Gasteiger partial charge on any atom is 0.390 e. The quantitative estimate of drug-likeness (QED) is 0.544. The number of rotatable bonds is 3. The first kappa shape index (κ1) is 24.0. The minimum atomic E-state index is -4.56. The van der Waals surface area contributed by atoms with E-state index in [9.17, 15) is 36.6 Å². The Balaban J connectivity index is 1.74. The van der Waals surface area contributed by atoms with Gasteiger partial charge in [0, 0.05) is 19.0 Å². The fraction of sp³-hybridized carbons (Fsp3) is 0.320. The van der Waals surface area contributed by atoms with E-state index in [2.05, 4.69) is 5.10 Å². The van der Waals surface area contributed by atoms with E-state index in [0.29, 0.717) is 22.3 Å². The third-order valence-electron chi connectivity index (χ3n) is 6.85. The highest BCUT2D eigenvalue weighted by atomic mass is 19.4. The van der Waals surface area contributed by atoms with Crippen molar-refractivity contribution in [2.75, 3.05) is 13.1 Å². The summed E-state index contributed by atoms with van der Waals surface area (Å²) in [5.41, 5.74) is 0.0685. The molecule has 188 valence electrons. The second-order valence-corrected chi connectivity index (χ2v) is 8.93. The van der Waals surface area contributed by atoms with Crippen LogP contribution < -0.4 is 5.43 Å². The van der Waals surface area contributed by atoms with Gasteiger partial charge in [-0.2, -0.15) is 18.3 Å². The summed E-state index contributed by atoms with van der Waals surface area (Å²) in [5, 5.41) is 14.5. The first-order valence-corrected chi connectivity index (χ1v) is 11.3. The number of benzene rings is 2. The van der Waals surface area contributed by atoms with E-state index in [1.807, 2.05) is 0 Å².